The standard InChI is InChI=1S/C39H50F3N7O5.C5H10O2/c1-3-20-52-22-24-54-25-23-53-21-19-48(2)28-31-11-8-12-35(45-31)38(51)46-34-14-13-32(49-17-5-4-6-18-49)27-33(34)37(50)47-36(43)15-16-44-30-10-7-9-29(26-30)39(40,41)42;1-5(2,3)7-4-6/h7-16,26-27,44H,3-6,17-25,28H2,1-2H3,(H,46,51)(H2,43,47,50);4H,1-3H3/b16-15-;. The van der Waals surface area contributed by atoms with Gasteiger partial charge in [0.1, 0.15) is 17.1 Å². The lowest BCUT2D eigenvalue weighted by atomic mass is 10.1. The van der Waals surface area contributed by atoms with Crippen LogP contribution in [0.3, 0.4) is 0 Å². The van der Waals surface area contributed by atoms with E-state index in [1.807, 2.05) is 44.9 Å². The van der Waals surface area contributed by atoms with E-state index in [1.54, 1.807) is 24.3 Å². The van der Waals surface area contributed by atoms with Gasteiger partial charge in [0.05, 0.1) is 55.5 Å². The van der Waals surface area contributed by atoms with E-state index in [9.17, 15) is 27.6 Å². The minimum Gasteiger partial charge on any atom is -0.462 e. The normalized spacial score (nSPS) is 13.5. The van der Waals surface area contributed by atoms with Crippen LogP contribution in [0, 0.1) is 0 Å². The van der Waals surface area contributed by atoms with Gasteiger partial charge in [-0.05, 0) is 108 Å². The molecule has 0 spiro atoms. The van der Waals surface area contributed by atoms with Gasteiger partial charge in [-0.3, -0.25) is 19.3 Å². The third-order valence-electron chi connectivity index (χ3n) is 8.71. The Morgan fingerprint density at radius 2 is 1.59 bits per heavy atom. The molecule has 0 unspecified atom stereocenters. The molecule has 4 N–H and O–H groups in total. The zero-order chi connectivity index (χ0) is 44.7. The number of amides is 2. The quantitative estimate of drug-likeness (QED) is 0.0423. The highest BCUT2D eigenvalue weighted by Crippen LogP contribution is 2.31. The highest BCUT2D eigenvalue weighted by Gasteiger charge is 2.30. The van der Waals surface area contributed by atoms with Crippen molar-refractivity contribution < 1.29 is 46.5 Å². The highest BCUT2D eigenvalue weighted by molar-refractivity contribution is 6.12. The molecule has 0 aliphatic carbocycles. The van der Waals surface area contributed by atoms with Crippen molar-refractivity contribution in [1.29, 1.82) is 0 Å². The van der Waals surface area contributed by atoms with E-state index in [4.69, 9.17) is 19.9 Å². The van der Waals surface area contributed by atoms with E-state index in [0.717, 1.165) is 63.2 Å². The second-order valence-electron chi connectivity index (χ2n) is 15.0. The van der Waals surface area contributed by atoms with Gasteiger partial charge >= 0.3 is 6.18 Å². The van der Waals surface area contributed by atoms with Gasteiger partial charge in [-0.2, -0.15) is 18.2 Å². The number of benzene rings is 2. The van der Waals surface area contributed by atoms with Gasteiger partial charge < -0.3 is 40.2 Å². The molecule has 1 aliphatic rings. The minimum absolute atomic E-state index is 0.125. The van der Waals surface area contributed by atoms with Crippen LogP contribution in [0.15, 0.2) is 77.9 Å². The number of carbonyl (C=O) groups excluding carboxylic acids is 3. The fraction of sp³-hybridized carbons (Fsp3) is 0.477. The molecule has 14 nitrogen and oxygen atoms in total. The predicted molar refractivity (Wildman–Crippen MR) is 231 cm³/mol. The van der Waals surface area contributed by atoms with Crippen LogP contribution in [0.25, 0.3) is 0 Å². The van der Waals surface area contributed by atoms with Crippen LogP contribution in [0.4, 0.5) is 30.2 Å². The van der Waals surface area contributed by atoms with E-state index < -0.39 is 23.6 Å². The number of nitrogens with two attached hydrogens (primary N) is 1. The van der Waals surface area contributed by atoms with Gasteiger partial charge in [-0.25, -0.2) is 4.98 Å². The molecule has 0 bridgehead atoms. The summed E-state index contributed by atoms with van der Waals surface area (Å²) in [7, 11) is 1.93. The molecular formula is C44H60F3N7O7. The number of anilines is 3. The van der Waals surface area contributed by atoms with E-state index >= 15 is 0 Å². The van der Waals surface area contributed by atoms with Crippen LogP contribution in [0.5, 0.6) is 0 Å². The molecule has 0 saturated carbocycles. The lowest BCUT2D eigenvalue weighted by molar-refractivity contribution is -0.139. The van der Waals surface area contributed by atoms with Crippen LogP contribution >= 0.6 is 0 Å². The number of nitrogens with zero attached hydrogens (tertiary/aromatic N) is 4. The first-order valence-corrected chi connectivity index (χ1v) is 20.3. The fourth-order valence-electron chi connectivity index (χ4n) is 5.68. The number of halogens is 3. The van der Waals surface area contributed by atoms with Gasteiger partial charge in [0.25, 0.3) is 18.3 Å². The van der Waals surface area contributed by atoms with Gasteiger partial charge in [0.2, 0.25) is 0 Å². The van der Waals surface area contributed by atoms with Gasteiger partial charge in [0, 0.05) is 50.4 Å². The van der Waals surface area contributed by atoms with Gasteiger partial charge in [-0.1, -0.05) is 19.1 Å². The van der Waals surface area contributed by atoms with Crippen LogP contribution in [-0.2, 0) is 36.5 Å². The number of hydrogen-bond acceptors (Lipinski definition) is 11. The van der Waals surface area contributed by atoms with Crippen molar-refractivity contribution in [3.63, 3.8) is 0 Å². The van der Waals surface area contributed by atoms with Crippen molar-refractivity contribution >= 4 is 41.2 Å². The monoisotopic (exact) mass is 855 g/mol. The Balaban J connectivity index is 0.00000130. The number of aromatic nitrogens is 1. The molecule has 17 heteroatoms. The molecule has 2 aromatic carbocycles. The van der Waals surface area contributed by atoms with E-state index in [0.29, 0.717) is 58.3 Å². The van der Waals surface area contributed by atoms with Crippen molar-refractivity contribution in [3.05, 3.63) is 95.5 Å². The van der Waals surface area contributed by atoms with E-state index in [-0.39, 0.29) is 34.1 Å². The van der Waals surface area contributed by atoms with Gasteiger partial charge in [-0.15, -0.1) is 0 Å². The maximum Gasteiger partial charge on any atom is 0.416 e. The van der Waals surface area contributed by atoms with E-state index in [1.165, 1.54) is 24.4 Å². The summed E-state index contributed by atoms with van der Waals surface area (Å²) in [6, 6.07) is 15.0. The lowest BCUT2D eigenvalue weighted by Crippen LogP contribution is -2.29. The first-order valence-electron chi connectivity index (χ1n) is 20.3. The molecule has 2 heterocycles. The topological polar surface area (TPSA) is 170 Å². The molecule has 1 aromatic heterocycles. The molecule has 2 amide bonds. The number of pyridine rings is 1. The number of rotatable bonds is 21. The molecule has 3 aromatic rings. The summed E-state index contributed by atoms with van der Waals surface area (Å²) in [4.78, 5) is 49.4. The summed E-state index contributed by atoms with van der Waals surface area (Å²) >= 11 is 0. The zero-order valence-electron chi connectivity index (χ0n) is 35.8. The summed E-state index contributed by atoms with van der Waals surface area (Å²) in [5.41, 5.74) is 7.09. The van der Waals surface area contributed by atoms with Crippen LogP contribution in [0.1, 0.15) is 85.5 Å². The SMILES string of the molecule is CC(C)(C)OC=O.CCCOCCOCCOCCN(C)Cc1cccc(C(=O)Nc2ccc(N3CCCCC3)cc2C(=O)N=C(N)/C=C\Nc2cccc(C(F)(F)F)c2)n1. The third-order valence-corrected chi connectivity index (χ3v) is 8.71. The number of hydrogen-bond donors (Lipinski definition) is 3. The van der Waals surface area contributed by atoms with Crippen molar-refractivity contribution in [3.8, 4) is 0 Å². The maximum absolute atomic E-state index is 13.5. The van der Waals surface area contributed by atoms with Crippen LogP contribution in [-0.4, -0.2) is 106 Å². The Hall–Kier alpha value is -5.36. The summed E-state index contributed by atoms with van der Waals surface area (Å²) in [6.07, 6.45) is 2.21. The summed E-state index contributed by atoms with van der Waals surface area (Å²) in [6.45, 7) is 14.1. The summed E-state index contributed by atoms with van der Waals surface area (Å²) < 4.78 is 60.3. The molecule has 0 radical (unpaired) electrons. The number of piperidine rings is 1. The first-order chi connectivity index (χ1) is 29.1. The largest absolute Gasteiger partial charge is 0.462 e. The fourth-order valence-corrected chi connectivity index (χ4v) is 5.68. The maximum atomic E-state index is 13.5. The van der Waals surface area contributed by atoms with Crippen LogP contribution < -0.4 is 21.3 Å². The van der Waals surface area contributed by atoms with Crippen molar-refractivity contribution in [2.45, 2.75) is 71.7 Å². The minimum atomic E-state index is -4.49. The molecule has 1 aliphatic heterocycles. The number of ether oxygens (including phenoxy) is 4. The second kappa shape index (κ2) is 26.1. The summed E-state index contributed by atoms with van der Waals surface area (Å²) in [5, 5.41) is 5.53. The average molecular weight is 856 g/mol. The molecule has 4 rings (SSSR count). The zero-order valence-corrected chi connectivity index (χ0v) is 35.8. The predicted octanol–water partition coefficient (Wildman–Crippen LogP) is 7.32. The average Bonchev–Trinajstić information content (AvgIpc) is 3.21. The molecule has 61 heavy (non-hydrogen) atoms. The molecule has 1 fully saturated rings. The number of amidine groups is 1. The number of alkyl halides is 3. The Labute approximate surface area is 356 Å². The molecule has 0 atom stereocenters. The van der Waals surface area contributed by atoms with Crippen molar-refractivity contribution in [2.24, 2.45) is 10.7 Å². The Kier molecular flexibility index (Phi) is 21.4. The molecule has 334 valence electrons. The number of carbonyl (C=O) groups is 3. The smallest absolute Gasteiger partial charge is 0.416 e. The molecule has 1 saturated heterocycles. The Morgan fingerprint density at radius 1 is 0.918 bits per heavy atom. The summed E-state index contributed by atoms with van der Waals surface area (Å²) in [5.74, 6) is -1.40. The van der Waals surface area contributed by atoms with Crippen LogP contribution in [0.2, 0.25) is 0 Å². The first kappa shape index (κ1) is 50.0. The van der Waals surface area contributed by atoms with Gasteiger partial charge in [0.15, 0.2) is 0 Å². The second-order valence-corrected chi connectivity index (χ2v) is 15.0. The van der Waals surface area contributed by atoms with Crippen molar-refractivity contribution in [2.75, 3.05) is 81.9 Å². The van der Waals surface area contributed by atoms with Crippen molar-refractivity contribution in [1.82, 2.24) is 9.88 Å². The lowest BCUT2D eigenvalue weighted by Gasteiger charge is -2.29. The molecular weight excluding hydrogens is 796 g/mol. The van der Waals surface area contributed by atoms with E-state index in [2.05, 4.69) is 37.2 Å². The number of aliphatic imine (C=N–C) groups is 1. The highest BCUT2D eigenvalue weighted by atomic mass is 19.4. The Bertz CT molecular complexity index is 1880. The number of likely N-dealkylation sites (N-methyl/N-ethyl adjacent to an activating group) is 1. The third kappa shape index (κ3) is 19.7. The Morgan fingerprint density at radius 3 is 2.23 bits per heavy atom. The number of nitrogens with one attached hydrogen (secondary N) is 2.